The second kappa shape index (κ2) is 2.00. The van der Waals surface area contributed by atoms with Crippen LogP contribution in [0.2, 0.25) is 0 Å². The molecular weight excluding hydrogens is 148 g/mol. The molecule has 1 saturated carbocycles. The van der Waals surface area contributed by atoms with Crippen LogP contribution in [-0.4, -0.2) is 10.9 Å². The van der Waals surface area contributed by atoms with Crippen molar-refractivity contribution in [3.63, 3.8) is 0 Å². The smallest absolute Gasteiger partial charge is 0.255 e. The third kappa shape index (κ3) is 1.11. The first-order valence-corrected chi connectivity index (χ1v) is 3.48. The first-order chi connectivity index (χ1) is 5.20. The topological polar surface area (TPSA) is 12.9 Å². The van der Waals surface area contributed by atoms with E-state index in [0.29, 0.717) is 5.56 Å². The monoisotopic (exact) mass is 155 g/mol. The van der Waals surface area contributed by atoms with Crippen molar-refractivity contribution in [2.45, 2.75) is 18.3 Å². The summed E-state index contributed by atoms with van der Waals surface area (Å²) in [5.74, 6) is -3.04. The maximum absolute atomic E-state index is 12.5. The van der Waals surface area contributed by atoms with Gasteiger partial charge in [-0.2, -0.15) is 0 Å². The average molecular weight is 155 g/mol. The van der Waals surface area contributed by atoms with E-state index in [0.717, 1.165) is 0 Å². The fourth-order valence-electron chi connectivity index (χ4n) is 1.16. The number of aromatic nitrogens is 1. The van der Waals surface area contributed by atoms with Crippen LogP contribution >= 0.6 is 0 Å². The molecule has 0 N–H and O–H groups in total. The Kier molecular flexibility index (Phi) is 1.22. The van der Waals surface area contributed by atoms with Gasteiger partial charge in [-0.1, -0.05) is 6.07 Å². The van der Waals surface area contributed by atoms with Crippen LogP contribution in [-0.2, 0) is 0 Å². The second-order valence-electron chi connectivity index (χ2n) is 2.80. The molecule has 11 heavy (non-hydrogen) atoms. The highest BCUT2D eigenvalue weighted by molar-refractivity contribution is 5.25. The minimum absolute atomic E-state index is 0.0152. The van der Waals surface area contributed by atoms with Crippen molar-refractivity contribution in [1.82, 2.24) is 4.98 Å². The van der Waals surface area contributed by atoms with Gasteiger partial charge in [0.2, 0.25) is 0 Å². The Morgan fingerprint density at radius 2 is 2.27 bits per heavy atom. The summed E-state index contributed by atoms with van der Waals surface area (Å²) >= 11 is 0. The van der Waals surface area contributed by atoms with Crippen molar-refractivity contribution in [3.8, 4) is 0 Å². The van der Waals surface area contributed by atoms with Gasteiger partial charge in [0.1, 0.15) is 0 Å². The highest BCUT2D eigenvalue weighted by Gasteiger charge is 2.57. The molecule has 2 rings (SSSR count). The molecule has 1 aromatic rings. The van der Waals surface area contributed by atoms with Crippen molar-refractivity contribution in [2.24, 2.45) is 0 Å². The van der Waals surface area contributed by atoms with Gasteiger partial charge in [-0.3, -0.25) is 4.98 Å². The normalized spacial score (nSPS) is 26.5. The van der Waals surface area contributed by atoms with E-state index in [-0.39, 0.29) is 6.42 Å². The molecule has 1 atom stereocenters. The zero-order chi connectivity index (χ0) is 7.90. The summed E-state index contributed by atoms with van der Waals surface area (Å²) in [6.07, 6.45) is 3.08. The van der Waals surface area contributed by atoms with Gasteiger partial charge in [0.15, 0.2) is 0 Å². The lowest BCUT2D eigenvalue weighted by atomic mass is 10.2. The van der Waals surface area contributed by atoms with E-state index in [1.807, 2.05) is 0 Å². The zero-order valence-corrected chi connectivity index (χ0v) is 5.80. The van der Waals surface area contributed by atoms with Crippen molar-refractivity contribution < 1.29 is 8.78 Å². The maximum atomic E-state index is 12.5. The van der Waals surface area contributed by atoms with Gasteiger partial charge in [0.05, 0.1) is 5.92 Å². The molecule has 1 heterocycles. The van der Waals surface area contributed by atoms with Crippen LogP contribution in [0.4, 0.5) is 8.78 Å². The summed E-state index contributed by atoms with van der Waals surface area (Å²) in [6, 6.07) is 3.38. The Morgan fingerprint density at radius 1 is 1.55 bits per heavy atom. The first-order valence-electron chi connectivity index (χ1n) is 3.48. The Labute approximate surface area is 63.1 Å². The summed E-state index contributed by atoms with van der Waals surface area (Å²) in [6.45, 7) is 0. The van der Waals surface area contributed by atoms with Gasteiger partial charge >= 0.3 is 0 Å². The van der Waals surface area contributed by atoms with Crippen molar-refractivity contribution in [1.29, 1.82) is 0 Å². The second-order valence-corrected chi connectivity index (χ2v) is 2.80. The summed E-state index contributed by atoms with van der Waals surface area (Å²) < 4.78 is 24.9. The molecule has 0 aromatic carbocycles. The van der Waals surface area contributed by atoms with E-state index in [4.69, 9.17) is 0 Å². The van der Waals surface area contributed by atoms with Crippen LogP contribution in [0.3, 0.4) is 0 Å². The summed E-state index contributed by atoms with van der Waals surface area (Å²) in [5, 5.41) is 0. The molecule has 1 aliphatic rings. The molecule has 0 aliphatic heterocycles. The Bertz CT molecular complexity index is 258. The van der Waals surface area contributed by atoms with Crippen LogP contribution in [0.25, 0.3) is 0 Å². The van der Waals surface area contributed by atoms with Gasteiger partial charge in [0.25, 0.3) is 5.92 Å². The lowest BCUT2D eigenvalue weighted by Gasteiger charge is -1.95. The highest BCUT2D eigenvalue weighted by Crippen LogP contribution is 2.55. The molecule has 0 saturated heterocycles. The van der Waals surface area contributed by atoms with Crippen molar-refractivity contribution >= 4 is 0 Å². The standard InChI is InChI=1S/C8H7F2N/c9-8(10)4-7(8)6-2-1-3-11-5-6/h1-3,5,7H,4H2. The largest absolute Gasteiger partial charge is 0.264 e. The Balaban J connectivity index is 2.21. The fraction of sp³-hybridized carbons (Fsp3) is 0.375. The molecule has 0 radical (unpaired) electrons. The molecule has 1 aliphatic carbocycles. The van der Waals surface area contributed by atoms with Crippen LogP contribution < -0.4 is 0 Å². The molecule has 58 valence electrons. The van der Waals surface area contributed by atoms with E-state index in [1.165, 1.54) is 6.20 Å². The van der Waals surface area contributed by atoms with Crippen LogP contribution in [0.15, 0.2) is 24.5 Å². The first kappa shape index (κ1) is 6.70. The predicted molar refractivity (Wildman–Crippen MR) is 36.5 cm³/mol. The number of alkyl halides is 2. The van der Waals surface area contributed by atoms with E-state index in [9.17, 15) is 8.78 Å². The van der Waals surface area contributed by atoms with Crippen molar-refractivity contribution in [2.75, 3.05) is 0 Å². The third-order valence-electron chi connectivity index (χ3n) is 1.91. The highest BCUT2D eigenvalue weighted by atomic mass is 19.3. The molecule has 1 aromatic heterocycles. The lowest BCUT2D eigenvalue weighted by Crippen LogP contribution is -1.92. The average Bonchev–Trinajstić information content (AvgIpc) is 2.62. The van der Waals surface area contributed by atoms with Gasteiger partial charge < -0.3 is 0 Å². The van der Waals surface area contributed by atoms with Crippen LogP contribution in [0.1, 0.15) is 17.9 Å². The van der Waals surface area contributed by atoms with Gasteiger partial charge in [-0.25, -0.2) is 8.78 Å². The van der Waals surface area contributed by atoms with Gasteiger partial charge in [0, 0.05) is 18.8 Å². The van der Waals surface area contributed by atoms with E-state index in [1.54, 1.807) is 18.3 Å². The third-order valence-corrected chi connectivity index (χ3v) is 1.91. The minimum atomic E-state index is -2.47. The van der Waals surface area contributed by atoms with Gasteiger partial charge in [-0.15, -0.1) is 0 Å². The summed E-state index contributed by atoms with van der Waals surface area (Å²) in [4.78, 5) is 3.78. The van der Waals surface area contributed by atoms with E-state index >= 15 is 0 Å². The molecule has 1 unspecified atom stereocenters. The number of pyridine rings is 1. The van der Waals surface area contributed by atoms with E-state index in [2.05, 4.69) is 4.98 Å². The minimum Gasteiger partial charge on any atom is -0.264 e. The molecule has 0 spiro atoms. The van der Waals surface area contributed by atoms with Crippen molar-refractivity contribution in [3.05, 3.63) is 30.1 Å². The SMILES string of the molecule is FC1(F)CC1c1cccnc1. The Hall–Kier alpha value is -0.990. The van der Waals surface area contributed by atoms with Crippen LogP contribution in [0, 0.1) is 0 Å². The molecule has 0 amide bonds. The lowest BCUT2D eigenvalue weighted by molar-refractivity contribution is 0.112. The number of hydrogen-bond acceptors (Lipinski definition) is 1. The number of hydrogen-bond donors (Lipinski definition) is 0. The molecule has 1 nitrogen and oxygen atoms in total. The predicted octanol–water partition coefficient (Wildman–Crippen LogP) is 2.20. The molecule has 1 fully saturated rings. The maximum Gasteiger partial charge on any atom is 0.255 e. The summed E-state index contributed by atoms with van der Waals surface area (Å²) in [5.41, 5.74) is 0.650. The van der Waals surface area contributed by atoms with E-state index < -0.39 is 11.8 Å². The van der Waals surface area contributed by atoms with Gasteiger partial charge in [-0.05, 0) is 11.6 Å². The zero-order valence-electron chi connectivity index (χ0n) is 5.80. The molecule has 0 bridgehead atoms. The number of rotatable bonds is 1. The molecule has 3 heteroatoms. The fourth-order valence-corrected chi connectivity index (χ4v) is 1.16. The molecular formula is C8H7F2N. The van der Waals surface area contributed by atoms with Crippen LogP contribution in [0.5, 0.6) is 0 Å². The number of nitrogens with zero attached hydrogens (tertiary/aromatic N) is 1. The number of halogens is 2. The quantitative estimate of drug-likeness (QED) is 0.605. The Morgan fingerprint density at radius 3 is 2.73 bits per heavy atom. The summed E-state index contributed by atoms with van der Waals surface area (Å²) in [7, 11) is 0.